The molecule has 0 amide bonds. The number of carbonyl (C=O) groups is 3. The maximum atomic E-state index is 14.5. The Kier molecular flexibility index (Phi) is 5.54. The van der Waals surface area contributed by atoms with Gasteiger partial charge in [0.25, 0.3) is 0 Å². The normalized spacial score (nSPS) is 31.9. The Labute approximate surface area is 234 Å². The summed E-state index contributed by atoms with van der Waals surface area (Å²) in [5, 5.41) is 11.5. The summed E-state index contributed by atoms with van der Waals surface area (Å²) in [7, 11) is 0. The van der Waals surface area contributed by atoms with Gasteiger partial charge in [-0.25, -0.2) is 0 Å². The van der Waals surface area contributed by atoms with E-state index in [1.54, 1.807) is 25.2 Å². The Bertz CT molecular complexity index is 1510. The first-order chi connectivity index (χ1) is 18.7. The summed E-state index contributed by atoms with van der Waals surface area (Å²) in [4.78, 5) is 40.1. The lowest BCUT2D eigenvalue weighted by Gasteiger charge is -2.56. The average Bonchev–Trinajstić information content (AvgIpc) is 3.03. The summed E-state index contributed by atoms with van der Waals surface area (Å²) in [5.41, 5.74) is -1.26. The fourth-order valence-electron chi connectivity index (χ4n) is 7.41. The molecule has 1 saturated carbocycles. The largest absolute Gasteiger partial charge is 0.506 e. The first kappa shape index (κ1) is 26.8. The van der Waals surface area contributed by atoms with Crippen LogP contribution >= 0.6 is 0 Å². The van der Waals surface area contributed by atoms with E-state index < -0.39 is 28.3 Å². The van der Waals surface area contributed by atoms with Gasteiger partial charge in [-0.1, -0.05) is 23.8 Å². The van der Waals surface area contributed by atoms with Crippen molar-refractivity contribution < 1.29 is 33.7 Å². The van der Waals surface area contributed by atoms with Crippen LogP contribution in [0.1, 0.15) is 82.8 Å². The monoisotopic (exact) mass is 544 g/mol. The zero-order valence-electron chi connectivity index (χ0n) is 24.1. The minimum Gasteiger partial charge on any atom is -0.506 e. The standard InChI is InChI=1S/C33H36O7/c1-17(2)8-9-21-27-20(11-12-30(4,5)38-27)25(35)24-26(36)22-14-19-15-23-31(6,7)40-32(29(19)37,13-10-18(3)16-34)33(22,23)39-28(21)24/h8,10-12,14,16,19,23,35H,9,13,15H2,1-7H3/b18-10+/t19?,23?,32?,33-/m1/s1. The molecule has 1 aromatic rings. The van der Waals surface area contributed by atoms with Gasteiger partial charge < -0.3 is 19.3 Å². The number of phenolic OH excluding ortho intramolecular Hbond substituents is 1. The highest BCUT2D eigenvalue weighted by Crippen LogP contribution is 2.68. The lowest BCUT2D eigenvalue weighted by Crippen LogP contribution is -2.72. The topological polar surface area (TPSA) is 99.1 Å². The van der Waals surface area contributed by atoms with E-state index in [1.807, 2.05) is 53.7 Å². The van der Waals surface area contributed by atoms with Crippen LogP contribution in [0.2, 0.25) is 0 Å². The van der Waals surface area contributed by atoms with Gasteiger partial charge in [-0.05, 0) is 79.0 Å². The molecule has 0 aromatic heterocycles. The molecular weight excluding hydrogens is 508 g/mol. The molecule has 6 aliphatic rings. The highest BCUT2D eigenvalue weighted by Gasteiger charge is 2.81. The molecule has 7 nitrogen and oxygen atoms in total. The maximum absolute atomic E-state index is 14.5. The van der Waals surface area contributed by atoms with Crippen LogP contribution in [-0.2, 0) is 20.7 Å². The Morgan fingerprint density at radius 3 is 2.48 bits per heavy atom. The van der Waals surface area contributed by atoms with Crippen molar-refractivity contribution in [3.63, 3.8) is 0 Å². The number of rotatable bonds is 5. The van der Waals surface area contributed by atoms with Gasteiger partial charge in [0.15, 0.2) is 22.8 Å². The molecule has 4 bridgehead atoms. The van der Waals surface area contributed by atoms with Crippen molar-refractivity contribution in [3.05, 3.63) is 57.7 Å². The van der Waals surface area contributed by atoms with Gasteiger partial charge >= 0.3 is 0 Å². The Morgan fingerprint density at radius 1 is 1.07 bits per heavy atom. The molecule has 210 valence electrons. The molecule has 3 aliphatic carbocycles. The number of aldehydes is 1. The van der Waals surface area contributed by atoms with Crippen molar-refractivity contribution in [2.75, 3.05) is 0 Å². The molecule has 1 N–H and O–H groups in total. The zero-order valence-corrected chi connectivity index (χ0v) is 24.1. The lowest BCUT2D eigenvalue weighted by atomic mass is 9.51. The molecule has 2 fully saturated rings. The summed E-state index contributed by atoms with van der Waals surface area (Å²) < 4.78 is 20.2. The minimum absolute atomic E-state index is 0.0905. The fourth-order valence-corrected chi connectivity index (χ4v) is 7.41. The van der Waals surface area contributed by atoms with Gasteiger partial charge in [0.05, 0.1) is 11.2 Å². The second-order valence-electron chi connectivity index (χ2n) is 13.1. The van der Waals surface area contributed by atoms with Crippen LogP contribution in [-0.4, -0.2) is 45.4 Å². The molecule has 7 rings (SSSR count). The highest BCUT2D eigenvalue weighted by molar-refractivity contribution is 6.19. The van der Waals surface area contributed by atoms with Crippen LogP contribution in [0.15, 0.2) is 41.0 Å². The SMILES string of the molecule is CC(C)=CCc1c2c(c(O)c3c1O[C@]14C(=CC5CC1C(C)(C)OC4(C/C=C(\C)C=O)C5=O)C3=O)C=CC(C)(C)O2. The number of Topliss-reactive ketones (excluding diaryl/α,β-unsaturated/α-hetero) is 2. The number of hydrogen-bond donors (Lipinski definition) is 1. The van der Waals surface area contributed by atoms with E-state index in [1.165, 1.54) is 0 Å². The van der Waals surface area contributed by atoms with Crippen molar-refractivity contribution in [3.8, 4) is 17.2 Å². The van der Waals surface area contributed by atoms with Gasteiger partial charge in [0.2, 0.25) is 0 Å². The van der Waals surface area contributed by atoms with Gasteiger partial charge in [-0.2, -0.15) is 0 Å². The maximum Gasteiger partial charge on any atom is 0.200 e. The van der Waals surface area contributed by atoms with Gasteiger partial charge in [-0.3, -0.25) is 14.4 Å². The number of carbonyl (C=O) groups excluding carboxylic acids is 3. The Hall–Kier alpha value is -3.45. The van der Waals surface area contributed by atoms with Crippen LogP contribution < -0.4 is 9.47 Å². The van der Waals surface area contributed by atoms with Crippen LogP contribution in [0, 0.1) is 11.8 Å². The van der Waals surface area contributed by atoms with Crippen molar-refractivity contribution >= 4 is 23.9 Å². The van der Waals surface area contributed by atoms with Crippen LogP contribution in [0.4, 0.5) is 0 Å². The van der Waals surface area contributed by atoms with Crippen molar-refractivity contribution in [1.82, 2.24) is 0 Å². The number of hydrogen-bond acceptors (Lipinski definition) is 7. The highest BCUT2D eigenvalue weighted by atomic mass is 16.6. The molecule has 1 aromatic carbocycles. The van der Waals surface area contributed by atoms with Gasteiger partial charge in [0.1, 0.15) is 34.7 Å². The third-order valence-corrected chi connectivity index (χ3v) is 9.23. The molecule has 3 unspecified atom stereocenters. The number of phenols is 1. The first-order valence-electron chi connectivity index (χ1n) is 13.9. The summed E-state index contributed by atoms with van der Waals surface area (Å²) in [6.07, 6.45) is 10.8. The van der Waals surface area contributed by atoms with Crippen LogP contribution in [0.25, 0.3) is 6.08 Å². The summed E-state index contributed by atoms with van der Waals surface area (Å²) in [6, 6.07) is 0. The fraction of sp³-hybridized carbons (Fsp3) is 0.485. The smallest absolute Gasteiger partial charge is 0.200 e. The Morgan fingerprint density at radius 2 is 1.80 bits per heavy atom. The molecule has 1 saturated heterocycles. The molecular formula is C33H36O7. The quantitative estimate of drug-likeness (QED) is 0.292. The summed E-state index contributed by atoms with van der Waals surface area (Å²) >= 11 is 0. The summed E-state index contributed by atoms with van der Waals surface area (Å²) in [5.74, 6) is -0.814. The molecule has 40 heavy (non-hydrogen) atoms. The lowest BCUT2D eigenvalue weighted by molar-refractivity contribution is -0.171. The van der Waals surface area contributed by atoms with E-state index in [2.05, 4.69) is 0 Å². The van der Waals surface area contributed by atoms with Crippen LogP contribution in [0.5, 0.6) is 17.2 Å². The van der Waals surface area contributed by atoms with Crippen molar-refractivity contribution in [1.29, 1.82) is 0 Å². The second kappa shape index (κ2) is 8.29. The molecule has 3 aliphatic heterocycles. The number of ether oxygens (including phenoxy) is 3. The first-order valence-corrected chi connectivity index (χ1v) is 13.9. The summed E-state index contributed by atoms with van der Waals surface area (Å²) in [6.45, 7) is 13.4. The number of benzene rings is 1. The average molecular weight is 545 g/mol. The van der Waals surface area contributed by atoms with Crippen LogP contribution in [0.3, 0.4) is 0 Å². The van der Waals surface area contributed by atoms with E-state index in [9.17, 15) is 19.5 Å². The van der Waals surface area contributed by atoms with E-state index in [-0.39, 0.29) is 41.0 Å². The molecule has 3 heterocycles. The molecule has 4 atom stereocenters. The van der Waals surface area contributed by atoms with Crippen molar-refractivity contribution in [2.45, 2.75) is 90.1 Å². The van der Waals surface area contributed by atoms with E-state index in [0.717, 1.165) is 11.9 Å². The Balaban J connectivity index is 1.67. The third-order valence-electron chi connectivity index (χ3n) is 9.23. The van der Waals surface area contributed by atoms with Crippen molar-refractivity contribution in [2.24, 2.45) is 11.8 Å². The number of ketones is 2. The third kappa shape index (κ3) is 3.30. The predicted molar refractivity (Wildman–Crippen MR) is 150 cm³/mol. The molecule has 0 radical (unpaired) electrons. The number of fused-ring (bicyclic) bond motifs is 2. The predicted octanol–water partition coefficient (Wildman–Crippen LogP) is 5.63. The van der Waals surface area contributed by atoms with E-state index >= 15 is 0 Å². The number of aromatic hydroxyl groups is 1. The number of allylic oxidation sites excluding steroid dienone is 4. The van der Waals surface area contributed by atoms with E-state index in [4.69, 9.17) is 14.2 Å². The van der Waals surface area contributed by atoms with Gasteiger partial charge in [0, 0.05) is 29.4 Å². The molecule has 7 heteroatoms. The zero-order chi connectivity index (χ0) is 29.0. The molecule has 1 spiro atoms. The van der Waals surface area contributed by atoms with E-state index in [0.29, 0.717) is 40.9 Å². The van der Waals surface area contributed by atoms with Gasteiger partial charge in [-0.15, -0.1) is 0 Å². The second-order valence-corrected chi connectivity index (χ2v) is 13.1. The minimum atomic E-state index is -1.49.